The first-order valence-corrected chi connectivity index (χ1v) is 8.55. The molecule has 146 valence electrons. The molecule has 0 spiro atoms. The van der Waals surface area contributed by atoms with Gasteiger partial charge in [0.25, 0.3) is 0 Å². The molecule has 29 heavy (non-hydrogen) atoms. The van der Waals surface area contributed by atoms with Gasteiger partial charge in [0.05, 0.1) is 19.9 Å². The minimum Gasteiger partial charge on any atom is -0.497 e. The van der Waals surface area contributed by atoms with Crippen LogP contribution in [0.3, 0.4) is 0 Å². The van der Waals surface area contributed by atoms with Gasteiger partial charge in [-0.3, -0.25) is 4.79 Å². The van der Waals surface area contributed by atoms with Crippen LogP contribution < -0.4 is 10.1 Å². The van der Waals surface area contributed by atoms with Gasteiger partial charge in [-0.2, -0.15) is 4.98 Å². The van der Waals surface area contributed by atoms with Gasteiger partial charge >= 0.3 is 11.8 Å². The van der Waals surface area contributed by atoms with Crippen molar-refractivity contribution in [3.05, 3.63) is 72.0 Å². The number of carbonyl (C=O) groups is 1. The maximum Gasteiger partial charge on any atom is 0.316 e. The normalized spacial score (nSPS) is 10.7. The van der Waals surface area contributed by atoms with Gasteiger partial charge in [-0.15, -0.1) is 5.10 Å². The van der Waals surface area contributed by atoms with Gasteiger partial charge in [-0.25, -0.2) is 9.07 Å². The Morgan fingerprint density at radius 2 is 2.07 bits per heavy atom. The van der Waals surface area contributed by atoms with Crippen molar-refractivity contribution in [2.24, 2.45) is 0 Å². The van der Waals surface area contributed by atoms with Crippen molar-refractivity contribution < 1.29 is 18.4 Å². The van der Waals surface area contributed by atoms with Crippen LogP contribution in [-0.2, 0) is 6.54 Å². The Bertz CT molecular complexity index is 1140. The molecule has 0 fully saturated rings. The van der Waals surface area contributed by atoms with Crippen LogP contribution in [0.5, 0.6) is 5.75 Å². The highest BCUT2D eigenvalue weighted by atomic mass is 19.1. The molecule has 2 aromatic heterocycles. The first-order chi connectivity index (χ1) is 14.1. The van der Waals surface area contributed by atoms with Gasteiger partial charge in [-0.05, 0) is 29.8 Å². The van der Waals surface area contributed by atoms with Gasteiger partial charge in [-0.1, -0.05) is 28.6 Å². The Morgan fingerprint density at radius 1 is 1.24 bits per heavy atom. The van der Waals surface area contributed by atoms with Crippen LogP contribution >= 0.6 is 0 Å². The summed E-state index contributed by atoms with van der Waals surface area (Å²) in [4.78, 5) is 16.4. The van der Waals surface area contributed by atoms with Crippen LogP contribution in [0.4, 0.5) is 10.1 Å². The van der Waals surface area contributed by atoms with Crippen LogP contribution in [0.1, 0.15) is 16.2 Å². The molecule has 4 aromatic rings. The molecule has 0 saturated carbocycles. The quantitative estimate of drug-likeness (QED) is 0.536. The van der Waals surface area contributed by atoms with E-state index in [2.05, 4.69) is 25.8 Å². The zero-order valence-corrected chi connectivity index (χ0v) is 15.2. The van der Waals surface area contributed by atoms with E-state index in [1.165, 1.54) is 19.2 Å². The Balaban J connectivity index is 1.45. The Kier molecular flexibility index (Phi) is 4.97. The molecule has 0 aliphatic heterocycles. The minimum absolute atomic E-state index is 0.131. The van der Waals surface area contributed by atoms with Crippen molar-refractivity contribution in [1.29, 1.82) is 0 Å². The van der Waals surface area contributed by atoms with Gasteiger partial charge in [0.1, 0.15) is 11.6 Å². The average Bonchev–Trinajstić information content (AvgIpc) is 3.39. The molecule has 2 heterocycles. The lowest BCUT2D eigenvalue weighted by molar-refractivity contribution is 0.0981. The van der Waals surface area contributed by atoms with Crippen molar-refractivity contribution in [3.8, 4) is 17.3 Å². The van der Waals surface area contributed by atoms with Gasteiger partial charge in [0.15, 0.2) is 5.69 Å². The van der Waals surface area contributed by atoms with Crippen LogP contribution in [0, 0.1) is 5.82 Å². The van der Waals surface area contributed by atoms with Crippen molar-refractivity contribution >= 4 is 11.6 Å². The number of nitrogens with one attached hydrogen (secondary N) is 1. The van der Waals surface area contributed by atoms with E-state index in [9.17, 15) is 9.18 Å². The minimum atomic E-state index is -0.560. The van der Waals surface area contributed by atoms with Crippen LogP contribution in [0.2, 0.25) is 0 Å². The number of carbonyl (C=O) groups excluding carboxylic acids is 1. The standard InChI is InChI=1S/C19H15FN6O3/c1-28-15-4-2-3-14(9-15)21-18(27)19-22-17(24-29-19)16-11-26(25-23-16)10-12-5-7-13(20)8-6-12/h2-9,11H,10H2,1H3,(H,21,27). The van der Waals surface area contributed by atoms with E-state index in [-0.39, 0.29) is 17.5 Å². The van der Waals surface area contributed by atoms with Gasteiger partial charge in [0.2, 0.25) is 5.82 Å². The number of ether oxygens (including phenoxy) is 1. The molecule has 4 rings (SSSR count). The third kappa shape index (κ3) is 4.26. The maximum atomic E-state index is 13.0. The summed E-state index contributed by atoms with van der Waals surface area (Å²) in [6.45, 7) is 0.397. The fourth-order valence-corrected chi connectivity index (χ4v) is 2.56. The molecular formula is C19H15FN6O3. The van der Waals surface area contributed by atoms with E-state index in [1.54, 1.807) is 47.3 Å². The first-order valence-electron chi connectivity index (χ1n) is 8.55. The maximum absolute atomic E-state index is 13.0. The van der Waals surface area contributed by atoms with E-state index in [1.807, 2.05) is 0 Å². The summed E-state index contributed by atoms with van der Waals surface area (Å²) in [6.07, 6.45) is 1.61. The number of rotatable bonds is 6. The lowest BCUT2D eigenvalue weighted by Gasteiger charge is -2.04. The summed E-state index contributed by atoms with van der Waals surface area (Å²) in [5, 5.41) is 14.4. The largest absolute Gasteiger partial charge is 0.497 e. The molecule has 1 amide bonds. The zero-order chi connectivity index (χ0) is 20.2. The van der Waals surface area contributed by atoms with E-state index in [0.29, 0.717) is 23.7 Å². The van der Waals surface area contributed by atoms with E-state index < -0.39 is 5.91 Å². The fraction of sp³-hybridized carbons (Fsp3) is 0.105. The summed E-state index contributed by atoms with van der Waals surface area (Å²) in [7, 11) is 1.54. The predicted octanol–water partition coefficient (Wildman–Crippen LogP) is 2.78. The molecule has 2 aromatic carbocycles. The highest BCUT2D eigenvalue weighted by molar-refractivity contribution is 6.01. The smallest absolute Gasteiger partial charge is 0.316 e. The monoisotopic (exact) mass is 394 g/mol. The number of nitrogens with zero attached hydrogens (tertiary/aromatic N) is 5. The fourth-order valence-electron chi connectivity index (χ4n) is 2.56. The number of halogens is 1. The third-order valence-electron chi connectivity index (χ3n) is 3.97. The molecule has 0 aliphatic rings. The number of aromatic nitrogens is 5. The van der Waals surface area contributed by atoms with Crippen molar-refractivity contribution in [1.82, 2.24) is 25.1 Å². The Morgan fingerprint density at radius 3 is 2.86 bits per heavy atom. The lowest BCUT2D eigenvalue weighted by atomic mass is 10.2. The van der Waals surface area contributed by atoms with Crippen LogP contribution in [-0.4, -0.2) is 38.2 Å². The zero-order valence-electron chi connectivity index (χ0n) is 15.2. The summed E-state index contributed by atoms with van der Waals surface area (Å²) in [5.41, 5.74) is 1.73. The second-order valence-electron chi connectivity index (χ2n) is 6.04. The molecule has 0 saturated heterocycles. The number of hydrogen-bond acceptors (Lipinski definition) is 7. The first kappa shape index (κ1) is 18.3. The topological polar surface area (TPSA) is 108 Å². The molecule has 0 radical (unpaired) electrons. The summed E-state index contributed by atoms with van der Waals surface area (Å²) in [5.74, 6) is -0.343. The Labute approximate surface area is 164 Å². The number of methoxy groups -OCH3 is 1. The molecule has 0 unspecified atom stereocenters. The van der Waals surface area contributed by atoms with E-state index >= 15 is 0 Å². The second kappa shape index (κ2) is 7.89. The highest BCUT2D eigenvalue weighted by Gasteiger charge is 2.18. The molecule has 10 heteroatoms. The van der Waals surface area contributed by atoms with Crippen molar-refractivity contribution in [2.75, 3.05) is 12.4 Å². The summed E-state index contributed by atoms with van der Waals surface area (Å²) < 4.78 is 24.7. The second-order valence-corrected chi connectivity index (χ2v) is 6.04. The molecule has 0 bridgehead atoms. The van der Waals surface area contributed by atoms with Crippen LogP contribution in [0.25, 0.3) is 11.5 Å². The molecule has 9 nitrogen and oxygen atoms in total. The lowest BCUT2D eigenvalue weighted by Crippen LogP contribution is -2.12. The molecule has 0 aliphatic carbocycles. The molecular weight excluding hydrogens is 379 g/mol. The van der Waals surface area contributed by atoms with E-state index in [0.717, 1.165) is 5.56 Å². The molecule has 1 N–H and O–H groups in total. The van der Waals surface area contributed by atoms with Crippen LogP contribution in [0.15, 0.2) is 59.3 Å². The van der Waals surface area contributed by atoms with Crippen molar-refractivity contribution in [2.45, 2.75) is 6.54 Å². The summed E-state index contributed by atoms with van der Waals surface area (Å²) in [6, 6.07) is 12.9. The highest BCUT2D eigenvalue weighted by Crippen LogP contribution is 2.18. The number of amides is 1. The van der Waals surface area contributed by atoms with Crippen molar-refractivity contribution in [3.63, 3.8) is 0 Å². The van der Waals surface area contributed by atoms with Gasteiger partial charge in [0, 0.05) is 11.8 Å². The number of hydrogen-bond donors (Lipinski definition) is 1. The predicted molar refractivity (Wildman–Crippen MR) is 99.8 cm³/mol. The van der Waals surface area contributed by atoms with E-state index in [4.69, 9.17) is 9.26 Å². The summed E-state index contributed by atoms with van der Waals surface area (Å²) >= 11 is 0. The molecule has 0 atom stereocenters. The average molecular weight is 394 g/mol. The SMILES string of the molecule is COc1cccc(NC(=O)c2nc(-c3cn(Cc4ccc(F)cc4)nn3)no2)c1. The third-order valence-corrected chi connectivity index (χ3v) is 3.97. The van der Waals surface area contributed by atoms with Gasteiger partial charge < -0.3 is 14.6 Å². The number of benzene rings is 2. The number of anilines is 1. The Hall–Kier alpha value is -4.08.